The van der Waals surface area contributed by atoms with E-state index in [1.54, 1.807) is 30.5 Å². The number of hydrogen-bond donors (Lipinski definition) is 3. The van der Waals surface area contributed by atoms with E-state index in [-0.39, 0.29) is 10.6 Å². The second-order valence-electron chi connectivity index (χ2n) is 4.96. The van der Waals surface area contributed by atoms with E-state index in [1.165, 1.54) is 6.07 Å². The van der Waals surface area contributed by atoms with Crippen molar-refractivity contribution in [2.45, 2.75) is 11.8 Å². The maximum Gasteiger partial charge on any atom is 0.264 e. The van der Waals surface area contributed by atoms with Crippen LogP contribution < -0.4 is 10.5 Å². The Hall–Kier alpha value is -2.18. The van der Waals surface area contributed by atoms with Gasteiger partial charge in [0.05, 0.1) is 21.9 Å². The number of para-hydroxylation sites is 1. The third kappa shape index (κ3) is 2.40. The summed E-state index contributed by atoms with van der Waals surface area (Å²) in [4.78, 5) is 3.04. The van der Waals surface area contributed by atoms with Gasteiger partial charge in [0.25, 0.3) is 10.0 Å². The van der Waals surface area contributed by atoms with Crippen molar-refractivity contribution in [1.29, 1.82) is 0 Å². The predicted molar refractivity (Wildman–Crippen MR) is 89.7 cm³/mol. The number of halogens is 1. The summed E-state index contributed by atoms with van der Waals surface area (Å²) in [6.07, 6.45) is 1.63. The lowest BCUT2D eigenvalue weighted by atomic mass is 10.1. The molecule has 2 aromatic carbocycles. The number of nitrogens with two attached hydrogens (primary N) is 1. The SMILES string of the molecule is Cc1ccc(NS(=O)(=O)c2ccccc2N)c2[nH]cc(Cl)c12. The first-order valence-corrected chi connectivity index (χ1v) is 8.40. The van der Waals surface area contributed by atoms with Gasteiger partial charge in [-0.2, -0.15) is 0 Å². The number of nitrogen functional groups attached to an aromatic ring is 1. The van der Waals surface area contributed by atoms with Gasteiger partial charge < -0.3 is 10.7 Å². The van der Waals surface area contributed by atoms with Gasteiger partial charge in [0.15, 0.2) is 0 Å². The third-order valence-electron chi connectivity index (χ3n) is 3.45. The molecule has 1 heterocycles. The molecule has 5 nitrogen and oxygen atoms in total. The topological polar surface area (TPSA) is 88.0 Å². The second-order valence-corrected chi connectivity index (χ2v) is 7.02. The molecule has 1 aromatic heterocycles. The predicted octanol–water partition coefficient (Wildman–Crippen LogP) is 3.51. The van der Waals surface area contributed by atoms with Crippen LogP contribution in [-0.4, -0.2) is 13.4 Å². The zero-order valence-electron chi connectivity index (χ0n) is 11.7. The molecule has 0 bridgehead atoms. The average Bonchev–Trinajstić information content (AvgIpc) is 2.85. The van der Waals surface area contributed by atoms with Gasteiger partial charge in [-0.25, -0.2) is 8.42 Å². The molecule has 0 amide bonds. The molecular formula is C15H14ClN3O2S. The van der Waals surface area contributed by atoms with Crippen molar-refractivity contribution in [3.05, 3.63) is 53.2 Å². The van der Waals surface area contributed by atoms with E-state index in [4.69, 9.17) is 17.3 Å². The number of sulfonamides is 1. The van der Waals surface area contributed by atoms with Gasteiger partial charge in [-0.05, 0) is 30.7 Å². The van der Waals surface area contributed by atoms with Crippen LogP contribution in [0.15, 0.2) is 47.5 Å². The van der Waals surface area contributed by atoms with Gasteiger partial charge in [-0.15, -0.1) is 0 Å². The van der Waals surface area contributed by atoms with E-state index >= 15 is 0 Å². The van der Waals surface area contributed by atoms with Crippen molar-refractivity contribution in [2.75, 3.05) is 10.5 Å². The summed E-state index contributed by atoms with van der Waals surface area (Å²) >= 11 is 6.13. The van der Waals surface area contributed by atoms with Crippen LogP contribution >= 0.6 is 11.6 Å². The lowest BCUT2D eigenvalue weighted by molar-refractivity contribution is 0.601. The van der Waals surface area contributed by atoms with Crippen LogP contribution in [0.25, 0.3) is 10.9 Å². The normalized spacial score (nSPS) is 11.7. The van der Waals surface area contributed by atoms with Crippen LogP contribution in [0.5, 0.6) is 0 Å². The Morgan fingerprint density at radius 3 is 2.64 bits per heavy atom. The van der Waals surface area contributed by atoms with Crippen LogP contribution in [0, 0.1) is 6.92 Å². The number of nitrogens with one attached hydrogen (secondary N) is 2. The Kier molecular flexibility index (Phi) is 3.50. The summed E-state index contributed by atoms with van der Waals surface area (Å²) < 4.78 is 27.6. The van der Waals surface area contributed by atoms with E-state index in [9.17, 15) is 8.42 Å². The first-order valence-electron chi connectivity index (χ1n) is 6.53. The Balaban J connectivity index is 2.11. The van der Waals surface area contributed by atoms with Crippen LogP contribution in [0.4, 0.5) is 11.4 Å². The molecule has 0 spiro atoms. The van der Waals surface area contributed by atoms with Gasteiger partial charge >= 0.3 is 0 Å². The molecule has 4 N–H and O–H groups in total. The highest BCUT2D eigenvalue weighted by molar-refractivity contribution is 7.93. The lowest BCUT2D eigenvalue weighted by Gasteiger charge is -2.11. The van der Waals surface area contributed by atoms with Crippen molar-refractivity contribution in [1.82, 2.24) is 4.98 Å². The van der Waals surface area contributed by atoms with Crippen molar-refractivity contribution >= 4 is 43.9 Å². The summed E-state index contributed by atoms with van der Waals surface area (Å²) in [5.74, 6) is 0. The molecular weight excluding hydrogens is 322 g/mol. The third-order valence-corrected chi connectivity index (χ3v) is 5.19. The fourth-order valence-electron chi connectivity index (χ4n) is 2.38. The van der Waals surface area contributed by atoms with Gasteiger partial charge in [0.1, 0.15) is 4.90 Å². The van der Waals surface area contributed by atoms with Crippen LogP contribution in [-0.2, 0) is 10.0 Å². The van der Waals surface area contributed by atoms with Crippen molar-refractivity contribution in [3.63, 3.8) is 0 Å². The minimum atomic E-state index is -3.78. The van der Waals surface area contributed by atoms with Crippen LogP contribution in [0.1, 0.15) is 5.56 Å². The van der Waals surface area contributed by atoms with E-state index in [0.29, 0.717) is 16.2 Å². The zero-order chi connectivity index (χ0) is 15.9. The Bertz CT molecular complexity index is 964. The zero-order valence-corrected chi connectivity index (χ0v) is 13.3. The number of anilines is 2. The first-order chi connectivity index (χ1) is 10.4. The Morgan fingerprint density at radius 2 is 1.91 bits per heavy atom. The lowest BCUT2D eigenvalue weighted by Crippen LogP contribution is -2.15. The molecule has 3 rings (SSSR count). The molecule has 0 saturated carbocycles. The number of fused-ring (bicyclic) bond motifs is 1. The minimum Gasteiger partial charge on any atom is -0.398 e. The number of aromatic nitrogens is 1. The molecule has 7 heteroatoms. The van der Waals surface area contributed by atoms with E-state index < -0.39 is 10.0 Å². The number of rotatable bonds is 3. The fraction of sp³-hybridized carbons (Fsp3) is 0.0667. The molecule has 22 heavy (non-hydrogen) atoms. The molecule has 0 fully saturated rings. The van der Waals surface area contributed by atoms with Crippen molar-refractivity contribution in [3.8, 4) is 0 Å². The number of aromatic amines is 1. The summed E-state index contributed by atoms with van der Waals surface area (Å²) in [6, 6.07) is 9.83. The summed E-state index contributed by atoms with van der Waals surface area (Å²) in [6.45, 7) is 1.91. The molecule has 3 aromatic rings. The molecule has 0 radical (unpaired) electrons. The van der Waals surface area contributed by atoms with E-state index in [2.05, 4.69) is 9.71 Å². The summed E-state index contributed by atoms with van der Waals surface area (Å²) in [5.41, 5.74) is 7.98. The van der Waals surface area contributed by atoms with Crippen LogP contribution in [0.2, 0.25) is 5.02 Å². The molecule has 0 aliphatic heterocycles. The summed E-state index contributed by atoms with van der Waals surface area (Å²) in [7, 11) is -3.78. The standard InChI is InChI=1S/C15H14ClN3O2S/c1-9-6-7-12(15-14(9)10(16)8-18-15)19-22(20,21)13-5-3-2-4-11(13)17/h2-8,18-19H,17H2,1H3. The maximum atomic E-state index is 12.5. The average molecular weight is 336 g/mol. The van der Waals surface area contributed by atoms with Gasteiger partial charge in [0, 0.05) is 11.6 Å². The van der Waals surface area contributed by atoms with Crippen LogP contribution in [0.3, 0.4) is 0 Å². The molecule has 0 saturated heterocycles. The molecule has 114 valence electrons. The highest BCUT2D eigenvalue weighted by Crippen LogP contribution is 2.33. The number of hydrogen-bond acceptors (Lipinski definition) is 3. The van der Waals surface area contributed by atoms with Gasteiger partial charge in [0.2, 0.25) is 0 Å². The highest BCUT2D eigenvalue weighted by Gasteiger charge is 2.19. The highest BCUT2D eigenvalue weighted by atomic mass is 35.5. The molecule has 0 aliphatic rings. The van der Waals surface area contributed by atoms with E-state index in [0.717, 1.165) is 10.9 Å². The number of benzene rings is 2. The van der Waals surface area contributed by atoms with E-state index in [1.807, 2.05) is 13.0 Å². The maximum absolute atomic E-state index is 12.5. The second kappa shape index (κ2) is 5.23. The minimum absolute atomic E-state index is 0.0429. The van der Waals surface area contributed by atoms with Crippen molar-refractivity contribution in [2.24, 2.45) is 0 Å². The van der Waals surface area contributed by atoms with Crippen molar-refractivity contribution < 1.29 is 8.42 Å². The van der Waals surface area contributed by atoms with Gasteiger partial charge in [-0.3, -0.25) is 4.72 Å². The number of aryl methyl sites for hydroxylation is 1. The quantitative estimate of drug-likeness (QED) is 0.640. The van der Waals surface area contributed by atoms with Gasteiger partial charge in [-0.1, -0.05) is 29.8 Å². The monoisotopic (exact) mass is 335 g/mol. The summed E-state index contributed by atoms with van der Waals surface area (Å²) in [5, 5.41) is 1.34. The number of H-pyrrole nitrogens is 1. The largest absolute Gasteiger partial charge is 0.398 e. The molecule has 0 unspecified atom stereocenters. The first kappa shape index (κ1) is 14.7. The molecule has 0 aliphatic carbocycles. The Labute approximate surface area is 133 Å². The molecule has 0 atom stereocenters. The smallest absolute Gasteiger partial charge is 0.264 e. The Morgan fingerprint density at radius 1 is 1.18 bits per heavy atom. The fourth-order valence-corrected chi connectivity index (χ4v) is 3.89.